The SMILES string of the molecule is CCOC(=O)c1cnn2c(C)c(C(C)=O)cnc12. The molecule has 0 N–H and O–H groups in total. The molecule has 0 fully saturated rings. The lowest BCUT2D eigenvalue weighted by Crippen LogP contribution is -2.08. The molecule has 18 heavy (non-hydrogen) atoms. The quantitative estimate of drug-likeness (QED) is 0.605. The second-order valence-electron chi connectivity index (χ2n) is 3.83. The summed E-state index contributed by atoms with van der Waals surface area (Å²) in [6.07, 6.45) is 2.86. The standard InChI is InChI=1S/C12H13N3O3/c1-4-18-12(17)10-6-14-15-7(2)9(8(3)16)5-13-11(10)15/h5-6H,4H2,1-3H3. The maximum absolute atomic E-state index is 11.7. The third-order valence-corrected chi connectivity index (χ3v) is 2.64. The first-order valence-corrected chi connectivity index (χ1v) is 5.57. The lowest BCUT2D eigenvalue weighted by molar-refractivity contribution is 0.0528. The molecule has 2 aromatic heterocycles. The Morgan fingerprint density at radius 2 is 2.06 bits per heavy atom. The Bertz CT molecular complexity index is 631. The zero-order valence-electron chi connectivity index (χ0n) is 10.4. The second-order valence-corrected chi connectivity index (χ2v) is 3.83. The van der Waals surface area contributed by atoms with Gasteiger partial charge in [0.15, 0.2) is 11.4 Å². The van der Waals surface area contributed by atoms with Crippen molar-refractivity contribution in [3.63, 3.8) is 0 Å². The minimum atomic E-state index is -0.463. The fourth-order valence-corrected chi connectivity index (χ4v) is 1.74. The van der Waals surface area contributed by atoms with E-state index in [-0.39, 0.29) is 5.78 Å². The summed E-state index contributed by atoms with van der Waals surface area (Å²) in [5.74, 6) is -0.551. The molecule has 2 rings (SSSR count). The highest BCUT2D eigenvalue weighted by Gasteiger charge is 2.18. The summed E-state index contributed by atoms with van der Waals surface area (Å²) in [6.45, 7) is 5.25. The summed E-state index contributed by atoms with van der Waals surface area (Å²) < 4.78 is 6.39. The minimum absolute atomic E-state index is 0.0879. The van der Waals surface area contributed by atoms with Crippen LogP contribution in [0.2, 0.25) is 0 Å². The number of rotatable bonds is 3. The van der Waals surface area contributed by atoms with E-state index in [4.69, 9.17) is 4.74 Å². The predicted molar refractivity (Wildman–Crippen MR) is 63.7 cm³/mol. The van der Waals surface area contributed by atoms with E-state index < -0.39 is 5.97 Å². The van der Waals surface area contributed by atoms with Crippen molar-refractivity contribution in [3.05, 3.63) is 29.2 Å². The van der Waals surface area contributed by atoms with Crippen LogP contribution < -0.4 is 0 Å². The first-order chi connectivity index (χ1) is 8.56. The highest BCUT2D eigenvalue weighted by atomic mass is 16.5. The van der Waals surface area contributed by atoms with Crippen LogP contribution in [0.5, 0.6) is 0 Å². The van der Waals surface area contributed by atoms with Gasteiger partial charge in [-0.2, -0.15) is 5.10 Å². The molecule has 6 nitrogen and oxygen atoms in total. The summed E-state index contributed by atoms with van der Waals surface area (Å²) in [5.41, 5.74) is 1.84. The largest absolute Gasteiger partial charge is 0.462 e. The van der Waals surface area contributed by atoms with Crippen LogP contribution in [0.25, 0.3) is 5.65 Å². The van der Waals surface area contributed by atoms with Crippen molar-refractivity contribution in [1.29, 1.82) is 0 Å². The predicted octanol–water partition coefficient (Wildman–Crippen LogP) is 1.42. The van der Waals surface area contributed by atoms with Gasteiger partial charge in [-0.15, -0.1) is 0 Å². The van der Waals surface area contributed by atoms with Crippen molar-refractivity contribution in [2.75, 3.05) is 6.61 Å². The zero-order valence-corrected chi connectivity index (χ0v) is 10.4. The third-order valence-electron chi connectivity index (χ3n) is 2.64. The van der Waals surface area contributed by atoms with Crippen molar-refractivity contribution in [2.24, 2.45) is 0 Å². The number of aryl methyl sites for hydroxylation is 1. The number of ketones is 1. The highest BCUT2D eigenvalue weighted by Crippen LogP contribution is 2.14. The minimum Gasteiger partial charge on any atom is -0.462 e. The van der Waals surface area contributed by atoms with Crippen molar-refractivity contribution < 1.29 is 14.3 Å². The van der Waals surface area contributed by atoms with Gasteiger partial charge in [0.05, 0.1) is 24.1 Å². The Hall–Kier alpha value is -2.24. The van der Waals surface area contributed by atoms with Gasteiger partial charge in [-0.25, -0.2) is 14.3 Å². The van der Waals surface area contributed by atoms with Crippen LogP contribution in [0.3, 0.4) is 0 Å². The van der Waals surface area contributed by atoms with E-state index in [2.05, 4.69) is 10.1 Å². The maximum atomic E-state index is 11.7. The molecule has 0 atom stereocenters. The van der Waals surface area contributed by atoms with Gasteiger partial charge in [-0.3, -0.25) is 4.79 Å². The highest BCUT2D eigenvalue weighted by molar-refractivity contribution is 5.97. The number of esters is 1. The Morgan fingerprint density at radius 1 is 1.33 bits per heavy atom. The Labute approximate surface area is 104 Å². The molecule has 0 saturated carbocycles. The molecule has 0 amide bonds. The summed E-state index contributed by atoms with van der Waals surface area (Å²) >= 11 is 0. The van der Waals surface area contributed by atoms with Crippen molar-refractivity contribution >= 4 is 17.4 Å². The topological polar surface area (TPSA) is 73.6 Å². The number of Topliss-reactive ketones (excluding diaryl/α,β-unsaturated/α-hetero) is 1. The molecule has 2 heterocycles. The Morgan fingerprint density at radius 3 is 2.67 bits per heavy atom. The van der Waals surface area contributed by atoms with E-state index in [1.54, 1.807) is 13.8 Å². The second kappa shape index (κ2) is 4.56. The van der Waals surface area contributed by atoms with Crippen molar-refractivity contribution in [2.45, 2.75) is 20.8 Å². The molecule has 94 valence electrons. The van der Waals surface area contributed by atoms with Gasteiger partial charge in [0.1, 0.15) is 5.56 Å². The van der Waals surface area contributed by atoms with Gasteiger partial charge in [-0.05, 0) is 20.8 Å². The third kappa shape index (κ3) is 1.85. The van der Waals surface area contributed by atoms with Crippen molar-refractivity contribution in [3.8, 4) is 0 Å². The van der Waals surface area contributed by atoms with Gasteiger partial charge in [-0.1, -0.05) is 0 Å². The first kappa shape index (κ1) is 12.2. The monoisotopic (exact) mass is 247 g/mol. The van der Waals surface area contributed by atoms with E-state index >= 15 is 0 Å². The average molecular weight is 247 g/mol. The molecule has 0 bridgehead atoms. The van der Waals surface area contributed by atoms with Gasteiger partial charge in [0.2, 0.25) is 0 Å². The summed E-state index contributed by atoms with van der Waals surface area (Å²) in [7, 11) is 0. The molecule has 6 heteroatoms. The fraction of sp³-hybridized carbons (Fsp3) is 0.333. The number of hydrogen-bond donors (Lipinski definition) is 0. The Balaban J connectivity index is 2.59. The van der Waals surface area contributed by atoms with Crippen LogP contribution >= 0.6 is 0 Å². The number of hydrogen-bond acceptors (Lipinski definition) is 5. The van der Waals surface area contributed by atoms with Crippen LogP contribution in [0.15, 0.2) is 12.4 Å². The van der Waals surface area contributed by atoms with Crippen LogP contribution in [-0.4, -0.2) is 33.0 Å². The van der Waals surface area contributed by atoms with Crippen LogP contribution in [0.4, 0.5) is 0 Å². The number of nitrogens with zero attached hydrogens (tertiary/aromatic N) is 3. The van der Waals surface area contributed by atoms with Crippen LogP contribution in [0, 0.1) is 6.92 Å². The number of aromatic nitrogens is 3. The first-order valence-electron chi connectivity index (χ1n) is 5.57. The van der Waals surface area contributed by atoms with Gasteiger partial charge >= 0.3 is 5.97 Å². The van der Waals surface area contributed by atoms with E-state index in [0.29, 0.717) is 29.1 Å². The van der Waals surface area contributed by atoms with E-state index in [0.717, 1.165) is 0 Å². The van der Waals surface area contributed by atoms with Crippen LogP contribution in [-0.2, 0) is 4.74 Å². The van der Waals surface area contributed by atoms with E-state index in [1.807, 2.05) is 0 Å². The number of carbonyl (C=O) groups is 2. The molecular formula is C12H13N3O3. The summed E-state index contributed by atoms with van der Waals surface area (Å²) in [5, 5.41) is 4.07. The smallest absolute Gasteiger partial charge is 0.343 e. The molecule has 0 spiro atoms. The average Bonchev–Trinajstić information content (AvgIpc) is 2.74. The van der Waals surface area contributed by atoms with E-state index in [1.165, 1.54) is 23.8 Å². The van der Waals surface area contributed by atoms with Crippen LogP contribution in [0.1, 0.15) is 40.3 Å². The number of ether oxygens (including phenoxy) is 1. The Kier molecular flexibility index (Phi) is 3.10. The summed E-state index contributed by atoms with van der Waals surface area (Å²) in [4.78, 5) is 27.2. The normalized spacial score (nSPS) is 10.6. The molecule has 0 aliphatic rings. The molecule has 0 saturated heterocycles. The molecular weight excluding hydrogens is 234 g/mol. The van der Waals surface area contributed by atoms with Gasteiger partial charge in [0.25, 0.3) is 0 Å². The molecule has 0 aliphatic heterocycles. The molecule has 0 aliphatic carbocycles. The number of fused-ring (bicyclic) bond motifs is 1. The molecule has 0 radical (unpaired) electrons. The molecule has 0 aromatic carbocycles. The lowest BCUT2D eigenvalue weighted by atomic mass is 10.2. The lowest BCUT2D eigenvalue weighted by Gasteiger charge is -2.04. The summed E-state index contributed by atoms with van der Waals surface area (Å²) in [6, 6.07) is 0. The van der Waals surface area contributed by atoms with Gasteiger partial charge < -0.3 is 4.74 Å². The molecule has 0 unspecified atom stereocenters. The zero-order chi connectivity index (χ0) is 13.3. The van der Waals surface area contributed by atoms with Gasteiger partial charge in [0, 0.05) is 6.20 Å². The number of carbonyl (C=O) groups excluding carboxylic acids is 2. The maximum Gasteiger partial charge on any atom is 0.343 e. The van der Waals surface area contributed by atoms with E-state index in [9.17, 15) is 9.59 Å². The van der Waals surface area contributed by atoms with Crippen molar-refractivity contribution in [1.82, 2.24) is 14.6 Å². The fourth-order valence-electron chi connectivity index (χ4n) is 1.74. The molecule has 2 aromatic rings.